The van der Waals surface area contributed by atoms with Crippen LogP contribution in [0.25, 0.3) is 0 Å². The van der Waals surface area contributed by atoms with Crippen LogP contribution in [0, 0.1) is 0 Å². The van der Waals surface area contributed by atoms with E-state index in [0.717, 1.165) is 0 Å². The molecule has 0 unspecified atom stereocenters. The summed E-state index contributed by atoms with van der Waals surface area (Å²) in [6.45, 7) is 3.64. The van der Waals surface area contributed by atoms with Crippen LogP contribution in [-0.2, 0) is 4.79 Å². The second-order valence-electron chi connectivity index (χ2n) is 4.49. The molecule has 0 radical (unpaired) electrons. The number of nitrogen functional groups attached to an aromatic ring is 1. The molecule has 0 atom stereocenters. The predicted octanol–water partition coefficient (Wildman–Crippen LogP) is 0.914. The van der Waals surface area contributed by atoms with E-state index in [-0.39, 0.29) is 29.2 Å². The lowest BCUT2D eigenvalue weighted by atomic mass is 10.2. The van der Waals surface area contributed by atoms with Crippen LogP contribution >= 0.6 is 11.6 Å². The Balaban J connectivity index is 2.77. The molecule has 104 valence electrons. The number of likely N-dealkylation sites (N-methyl/N-ethyl adjacent to an activating group) is 1. The first kappa shape index (κ1) is 15.2. The first-order chi connectivity index (χ1) is 8.81. The molecular weight excluding hydrogens is 268 g/mol. The summed E-state index contributed by atoms with van der Waals surface area (Å²) in [6, 6.07) is 1.46. The third kappa shape index (κ3) is 4.40. The van der Waals surface area contributed by atoms with E-state index in [0.29, 0.717) is 5.69 Å². The SMILES string of the molecule is CC(C)NC(=O)CN(C)C(=O)c1cc(N)cnc1Cl. The van der Waals surface area contributed by atoms with E-state index in [1.165, 1.54) is 24.2 Å². The van der Waals surface area contributed by atoms with E-state index in [1.807, 2.05) is 13.8 Å². The normalized spacial score (nSPS) is 10.4. The first-order valence-electron chi connectivity index (χ1n) is 5.77. The van der Waals surface area contributed by atoms with Crippen molar-refractivity contribution >= 4 is 29.1 Å². The van der Waals surface area contributed by atoms with Gasteiger partial charge in [-0.2, -0.15) is 0 Å². The van der Waals surface area contributed by atoms with Gasteiger partial charge in [-0.05, 0) is 19.9 Å². The lowest BCUT2D eigenvalue weighted by Gasteiger charge is -2.18. The van der Waals surface area contributed by atoms with Crippen LogP contribution in [0.1, 0.15) is 24.2 Å². The van der Waals surface area contributed by atoms with Gasteiger partial charge in [0.05, 0.1) is 24.0 Å². The Morgan fingerprint density at radius 2 is 2.16 bits per heavy atom. The Morgan fingerprint density at radius 3 is 2.74 bits per heavy atom. The summed E-state index contributed by atoms with van der Waals surface area (Å²) in [5.74, 6) is -0.637. The summed E-state index contributed by atoms with van der Waals surface area (Å²) in [5.41, 5.74) is 6.08. The van der Waals surface area contributed by atoms with Gasteiger partial charge in [0.1, 0.15) is 5.15 Å². The van der Waals surface area contributed by atoms with Crippen molar-refractivity contribution in [2.45, 2.75) is 19.9 Å². The quantitative estimate of drug-likeness (QED) is 0.805. The fourth-order valence-electron chi connectivity index (χ4n) is 1.47. The average molecular weight is 285 g/mol. The van der Waals surface area contributed by atoms with Crippen molar-refractivity contribution in [1.82, 2.24) is 15.2 Å². The lowest BCUT2D eigenvalue weighted by molar-refractivity contribution is -0.122. The Bertz CT molecular complexity index is 491. The number of aromatic nitrogens is 1. The number of carbonyl (C=O) groups excluding carboxylic acids is 2. The zero-order chi connectivity index (χ0) is 14.6. The van der Waals surface area contributed by atoms with Gasteiger partial charge in [0.25, 0.3) is 5.91 Å². The van der Waals surface area contributed by atoms with Gasteiger partial charge >= 0.3 is 0 Å². The maximum atomic E-state index is 12.1. The van der Waals surface area contributed by atoms with Crippen molar-refractivity contribution in [2.75, 3.05) is 19.3 Å². The average Bonchev–Trinajstić information content (AvgIpc) is 2.30. The Hall–Kier alpha value is -1.82. The minimum atomic E-state index is -0.399. The molecule has 0 fully saturated rings. The Morgan fingerprint density at radius 1 is 1.53 bits per heavy atom. The molecular formula is C12H17ClN4O2. The minimum absolute atomic E-state index is 0.0219. The van der Waals surface area contributed by atoms with Crippen LogP contribution in [0.2, 0.25) is 5.15 Å². The summed E-state index contributed by atoms with van der Waals surface area (Å²) < 4.78 is 0. The minimum Gasteiger partial charge on any atom is -0.397 e. The highest BCUT2D eigenvalue weighted by molar-refractivity contribution is 6.32. The molecule has 0 bridgehead atoms. The molecule has 19 heavy (non-hydrogen) atoms. The first-order valence-corrected chi connectivity index (χ1v) is 6.15. The van der Waals surface area contributed by atoms with E-state index >= 15 is 0 Å². The summed E-state index contributed by atoms with van der Waals surface area (Å²) >= 11 is 5.84. The topological polar surface area (TPSA) is 88.3 Å². The van der Waals surface area contributed by atoms with E-state index < -0.39 is 5.91 Å². The van der Waals surface area contributed by atoms with Crippen molar-refractivity contribution in [3.63, 3.8) is 0 Å². The zero-order valence-corrected chi connectivity index (χ0v) is 11.9. The Kier molecular flexibility index (Phi) is 5.11. The van der Waals surface area contributed by atoms with E-state index in [1.54, 1.807) is 0 Å². The molecule has 2 amide bonds. The van der Waals surface area contributed by atoms with Crippen molar-refractivity contribution in [3.8, 4) is 0 Å². The number of nitrogens with two attached hydrogens (primary N) is 1. The molecule has 0 saturated carbocycles. The van der Waals surface area contributed by atoms with Crippen LogP contribution < -0.4 is 11.1 Å². The molecule has 3 N–H and O–H groups in total. The molecule has 0 aromatic carbocycles. The van der Waals surface area contributed by atoms with Gasteiger partial charge in [0.15, 0.2) is 0 Å². The van der Waals surface area contributed by atoms with Crippen LogP contribution in [0.5, 0.6) is 0 Å². The van der Waals surface area contributed by atoms with Gasteiger partial charge in [0, 0.05) is 13.1 Å². The zero-order valence-electron chi connectivity index (χ0n) is 11.1. The second-order valence-corrected chi connectivity index (χ2v) is 4.85. The molecule has 0 saturated heterocycles. The van der Waals surface area contributed by atoms with E-state index in [4.69, 9.17) is 17.3 Å². The number of nitrogens with zero attached hydrogens (tertiary/aromatic N) is 2. The number of anilines is 1. The summed E-state index contributed by atoms with van der Waals surface area (Å²) in [5, 5.41) is 2.76. The van der Waals surface area contributed by atoms with Gasteiger partial charge in [-0.15, -0.1) is 0 Å². The fraction of sp³-hybridized carbons (Fsp3) is 0.417. The van der Waals surface area contributed by atoms with Gasteiger partial charge in [-0.1, -0.05) is 11.6 Å². The predicted molar refractivity (Wildman–Crippen MR) is 73.9 cm³/mol. The monoisotopic (exact) mass is 284 g/mol. The molecule has 0 aliphatic rings. The third-order valence-corrected chi connectivity index (χ3v) is 2.57. The molecule has 0 spiro atoms. The van der Waals surface area contributed by atoms with E-state index in [2.05, 4.69) is 10.3 Å². The van der Waals surface area contributed by atoms with E-state index in [9.17, 15) is 9.59 Å². The number of rotatable bonds is 4. The van der Waals surface area contributed by atoms with Crippen LogP contribution in [0.3, 0.4) is 0 Å². The number of nitrogens with one attached hydrogen (secondary N) is 1. The standard InChI is InChI=1S/C12H17ClN4O2/c1-7(2)16-10(18)6-17(3)12(19)9-4-8(14)5-15-11(9)13/h4-5,7H,6,14H2,1-3H3,(H,16,18). The molecule has 1 aromatic heterocycles. The fourth-order valence-corrected chi connectivity index (χ4v) is 1.66. The molecule has 1 aromatic rings. The van der Waals surface area contributed by atoms with Gasteiger partial charge < -0.3 is 16.0 Å². The molecule has 0 aliphatic carbocycles. The van der Waals surface area contributed by atoms with Crippen molar-refractivity contribution in [3.05, 3.63) is 23.0 Å². The molecule has 1 rings (SSSR count). The van der Waals surface area contributed by atoms with Gasteiger partial charge in [0.2, 0.25) is 5.91 Å². The highest BCUT2D eigenvalue weighted by Gasteiger charge is 2.18. The highest BCUT2D eigenvalue weighted by Crippen LogP contribution is 2.17. The number of hydrogen-bond acceptors (Lipinski definition) is 4. The number of carbonyl (C=O) groups is 2. The van der Waals surface area contributed by atoms with Gasteiger partial charge in [-0.3, -0.25) is 9.59 Å². The van der Waals surface area contributed by atoms with Crippen molar-refractivity contribution in [1.29, 1.82) is 0 Å². The number of halogens is 1. The van der Waals surface area contributed by atoms with Crippen LogP contribution in [0.15, 0.2) is 12.3 Å². The number of pyridine rings is 1. The van der Waals surface area contributed by atoms with Gasteiger partial charge in [-0.25, -0.2) is 4.98 Å². The number of amides is 2. The molecule has 1 heterocycles. The largest absolute Gasteiger partial charge is 0.397 e. The third-order valence-electron chi connectivity index (χ3n) is 2.27. The lowest BCUT2D eigenvalue weighted by Crippen LogP contribution is -2.41. The molecule has 6 nitrogen and oxygen atoms in total. The molecule has 0 aliphatic heterocycles. The maximum Gasteiger partial charge on any atom is 0.257 e. The summed E-state index contributed by atoms with van der Waals surface area (Å²) in [7, 11) is 1.52. The van der Waals surface area contributed by atoms with Crippen molar-refractivity contribution in [2.24, 2.45) is 0 Å². The smallest absolute Gasteiger partial charge is 0.257 e. The van der Waals surface area contributed by atoms with Crippen LogP contribution in [-0.4, -0.2) is 41.3 Å². The molecule has 7 heteroatoms. The van der Waals surface area contributed by atoms with Crippen molar-refractivity contribution < 1.29 is 9.59 Å². The van der Waals surface area contributed by atoms with Crippen LogP contribution in [0.4, 0.5) is 5.69 Å². The highest BCUT2D eigenvalue weighted by atomic mass is 35.5. The Labute approximate surface area is 116 Å². The second kappa shape index (κ2) is 6.38. The summed E-state index contributed by atoms with van der Waals surface area (Å²) in [4.78, 5) is 28.7. The maximum absolute atomic E-state index is 12.1. The summed E-state index contributed by atoms with van der Waals surface area (Å²) in [6.07, 6.45) is 1.37. The number of hydrogen-bond donors (Lipinski definition) is 2.